The number of benzene rings is 3. The standard InChI is InChI=1S/C22H22N2O4S/c1-16-6-3-4-9-21(16)24-29(26,27)20-12-10-18(11-13-20)22(25)23-15-17-7-5-8-19(14-17)28-2/h3-14,24H,15H2,1-2H3,(H,23,25). The normalized spacial score (nSPS) is 11.0. The lowest BCUT2D eigenvalue weighted by atomic mass is 10.2. The molecule has 0 saturated heterocycles. The smallest absolute Gasteiger partial charge is 0.261 e. The Labute approximate surface area is 170 Å². The zero-order chi connectivity index (χ0) is 20.9. The highest BCUT2D eigenvalue weighted by molar-refractivity contribution is 7.92. The number of nitrogens with one attached hydrogen (secondary N) is 2. The lowest BCUT2D eigenvalue weighted by molar-refractivity contribution is 0.0950. The summed E-state index contributed by atoms with van der Waals surface area (Å²) in [6.45, 7) is 2.17. The Balaban J connectivity index is 1.67. The van der Waals surface area contributed by atoms with Gasteiger partial charge in [0, 0.05) is 12.1 Å². The summed E-state index contributed by atoms with van der Waals surface area (Å²) in [6, 6.07) is 20.4. The van der Waals surface area contributed by atoms with Gasteiger partial charge in [-0.05, 0) is 60.5 Å². The summed E-state index contributed by atoms with van der Waals surface area (Å²) in [5.41, 5.74) is 2.62. The van der Waals surface area contributed by atoms with Crippen molar-refractivity contribution in [1.82, 2.24) is 5.32 Å². The van der Waals surface area contributed by atoms with E-state index < -0.39 is 10.0 Å². The molecule has 2 N–H and O–H groups in total. The highest BCUT2D eigenvalue weighted by atomic mass is 32.2. The molecule has 0 spiro atoms. The molecule has 7 heteroatoms. The van der Waals surface area contributed by atoms with Crippen molar-refractivity contribution < 1.29 is 17.9 Å². The SMILES string of the molecule is COc1cccc(CNC(=O)c2ccc(S(=O)(=O)Nc3ccccc3C)cc2)c1. The fourth-order valence-electron chi connectivity index (χ4n) is 2.74. The number of para-hydroxylation sites is 1. The Morgan fingerprint density at radius 1 is 0.966 bits per heavy atom. The van der Waals surface area contributed by atoms with Crippen LogP contribution in [0.1, 0.15) is 21.5 Å². The molecule has 0 aromatic heterocycles. The summed E-state index contributed by atoms with van der Waals surface area (Å²) in [4.78, 5) is 12.4. The summed E-state index contributed by atoms with van der Waals surface area (Å²) in [5, 5.41) is 2.81. The number of hydrogen-bond acceptors (Lipinski definition) is 4. The Kier molecular flexibility index (Phi) is 6.19. The quantitative estimate of drug-likeness (QED) is 0.622. The first-order valence-corrected chi connectivity index (χ1v) is 10.5. The van der Waals surface area contributed by atoms with Crippen molar-refractivity contribution in [3.8, 4) is 5.75 Å². The first kappa shape index (κ1) is 20.4. The lowest BCUT2D eigenvalue weighted by Crippen LogP contribution is -2.23. The Hall–Kier alpha value is -3.32. The molecular formula is C22H22N2O4S. The first-order chi connectivity index (χ1) is 13.9. The minimum atomic E-state index is -3.74. The predicted molar refractivity (Wildman–Crippen MR) is 113 cm³/mol. The Morgan fingerprint density at radius 2 is 1.69 bits per heavy atom. The van der Waals surface area contributed by atoms with Crippen molar-refractivity contribution in [3.63, 3.8) is 0 Å². The molecule has 0 aliphatic rings. The van der Waals surface area contributed by atoms with Gasteiger partial charge in [0.15, 0.2) is 0 Å². The average molecular weight is 410 g/mol. The van der Waals surface area contributed by atoms with Gasteiger partial charge in [-0.2, -0.15) is 0 Å². The van der Waals surface area contributed by atoms with E-state index >= 15 is 0 Å². The molecule has 3 rings (SSSR count). The van der Waals surface area contributed by atoms with Crippen LogP contribution < -0.4 is 14.8 Å². The van der Waals surface area contributed by atoms with Crippen LogP contribution in [0.25, 0.3) is 0 Å². The topological polar surface area (TPSA) is 84.5 Å². The number of methoxy groups -OCH3 is 1. The van der Waals surface area contributed by atoms with E-state index in [-0.39, 0.29) is 10.8 Å². The van der Waals surface area contributed by atoms with Gasteiger partial charge in [0.2, 0.25) is 0 Å². The maximum absolute atomic E-state index is 12.6. The van der Waals surface area contributed by atoms with Crippen LogP contribution in [0.3, 0.4) is 0 Å². The van der Waals surface area contributed by atoms with Crippen molar-refractivity contribution >= 4 is 21.6 Å². The van der Waals surface area contributed by atoms with Crippen molar-refractivity contribution in [2.45, 2.75) is 18.4 Å². The second-order valence-corrected chi connectivity index (χ2v) is 8.16. The molecule has 0 unspecified atom stereocenters. The second-order valence-electron chi connectivity index (χ2n) is 6.48. The van der Waals surface area contributed by atoms with Gasteiger partial charge >= 0.3 is 0 Å². The van der Waals surface area contributed by atoms with Gasteiger partial charge in [-0.1, -0.05) is 30.3 Å². The summed E-state index contributed by atoms with van der Waals surface area (Å²) in [5.74, 6) is 0.427. The zero-order valence-corrected chi connectivity index (χ0v) is 17.0. The third-order valence-corrected chi connectivity index (χ3v) is 5.78. The molecule has 1 amide bonds. The second kappa shape index (κ2) is 8.79. The highest BCUT2D eigenvalue weighted by Crippen LogP contribution is 2.20. The first-order valence-electron chi connectivity index (χ1n) is 8.99. The van der Waals surface area contributed by atoms with Crippen LogP contribution in [-0.2, 0) is 16.6 Å². The number of carbonyl (C=O) groups is 1. The van der Waals surface area contributed by atoms with Gasteiger partial charge in [-0.25, -0.2) is 8.42 Å². The van der Waals surface area contributed by atoms with E-state index in [1.807, 2.05) is 43.3 Å². The van der Waals surface area contributed by atoms with Crippen LogP contribution in [0, 0.1) is 6.92 Å². The monoisotopic (exact) mass is 410 g/mol. The van der Waals surface area contributed by atoms with Crippen LogP contribution in [0.5, 0.6) is 5.75 Å². The van der Waals surface area contributed by atoms with Gasteiger partial charge in [-0.15, -0.1) is 0 Å². The molecule has 150 valence electrons. The fourth-order valence-corrected chi connectivity index (χ4v) is 3.87. The van der Waals surface area contributed by atoms with Crippen molar-refractivity contribution in [3.05, 3.63) is 89.5 Å². The number of aryl methyl sites for hydroxylation is 1. The molecule has 0 radical (unpaired) electrons. The maximum Gasteiger partial charge on any atom is 0.261 e. The molecule has 3 aromatic carbocycles. The largest absolute Gasteiger partial charge is 0.497 e. The molecule has 0 heterocycles. The third kappa shape index (κ3) is 5.14. The molecule has 29 heavy (non-hydrogen) atoms. The number of carbonyl (C=O) groups excluding carboxylic acids is 1. The van der Waals surface area contributed by atoms with E-state index in [0.717, 1.165) is 11.1 Å². The predicted octanol–water partition coefficient (Wildman–Crippen LogP) is 3.73. The molecule has 0 aliphatic heterocycles. The molecular weight excluding hydrogens is 388 g/mol. The summed E-state index contributed by atoms with van der Waals surface area (Å²) in [7, 11) is -2.15. The zero-order valence-electron chi connectivity index (χ0n) is 16.2. The summed E-state index contributed by atoms with van der Waals surface area (Å²) >= 11 is 0. The van der Waals surface area contributed by atoms with Crippen molar-refractivity contribution in [1.29, 1.82) is 0 Å². The van der Waals surface area contributed by atoms with Crippen LogP contribution in [0.15, 0.2) is 77.7 Å². The Bertz CT molecular complexity index is 1110. The summed E-state index contributed by atoms with van der Waals surface area (Å²) in [6.07, 6.45) is 0. The van der Waals surface area contributed by atoms with Gasteiger partial charge < -0.3 is 10.1 Å². The number of anilines is 1. The van der Waals surface area contributed by atoms with Crippen LogP contribution in [0.4, 0.5) is 5.69 Å². The van der Waals surface area contributed by atoms with E-state index in [4.69, 9.17) is 4.74 Å². The number of hydrogen-bond donors (Lipinski definition) is 2. The Morgan fingerprint density at radius 3 is 2.38 bits per heavy atom. The molecule has 0 aliphatic carbocycles. The minimum Gasteiger partial charge on any atom is -0.497 e. The van der Waals surface area contributed by atoms with Gasteiger partial charge in [0.25, 0.3) is 15.9 Å². The maximum atomic E-state index is 12.6. The number of sulfonamides is 1. The molecule has 0 atom stereocenters. The van der Waals surface area contributed by atoms with Gasteiger partial charge in [-0.3, -0.25) is 9.52 Å². The molecule has 0 saturated carbocycles. The van der Waals surface area contributed by atoms with E-state index in [1.165, 1.54) is 24.3 Å². The van der Waals surface area contributed by atoms with Gasteiger partial charge in [0.1, 0.15) is 5.75 Å². The fraction of sp³-hybridized carbons (Fsp3) is 0.136. The number of rotatable bonds is 7. The summed E-state index contributed by atoms with van der Waals surface area (Å²) < 4.78 is 32.9. The molecule has 6 nitrogen and oxygen atoms in total. The lowest BCUT2D eigenvalue weighted by Gasteiger charge is -2.11. The van der Waals surface area contributed by atoms with Crippen molar-refractivity contribution in [2.75, 3.05) is 11.8 Å². The highest BCUT2D eigenvalue weighted by Gasteiger charge is 2.16. The number of ether oxygens (including phenoxy) is 1. The molecule has 0 bridgehead atoms. The van der Waals surface area contributed by atoms with E-state index in [1.54, 1.807) is 19.2 Å². The molecule has 0 fully saturated rings. The minimum absolute atomic E-state index is 0.0881. The van der Waals surface area contributed by atoms with Crippen LogP contribution >= 0.6 is 0 Å². The van der Waals surface area contributed by atoms with Gasteiger partial charge in [0.05, 0.1) is 17.7 Å². The molecule has 3 aromatic rings. The van der Waals surface area contributed by atoms with Crippen LogP contribution in [0.2, 0.25) is 0 Å². The third-order valence-electron chi connectivity index (χ3n) is 4.40. The van der Waals surface area contributed by atoms with Crippen molar-refractivity contribution in [2.24, 2.45) is 0 Å². The van der Waals surface area contributed by atoms with E-state index in [2.05, 4.69) is 10.0 Å². The average Bonchev–Trinajstić information content (AvgIpc) is 2.74. The number of amides is 1. The van der Waals surface area contributed by atoms with E-state index in [9.17, 15) is 13.2 Å². The van der Waals surface area contributed by atoms with E-state index in [0.29, 0.717) is 23.5 Å². The van der Waals surface area contributed by atoms with Crippen LogP contribution in [-0.4, -0.2) is 21.4 Å².